The van der Waals surface area contributed by atoms with Gasteiger partial charge in [0.2, 0.25) is 0 Å². The average Bonchev–Trinajstić information content (AvgIpc) is 3.20. The lowest BCUT2D eigenvalue weighted by molar-refractivity contribution is 0.571. The topological polar surface area (TPSA) is 41.6 Å². The van der Waals surface area contributed by atoms with Crippen LogP contribution in [0.2, 0.25) is 0 Å². The van der Waals surface area contributed by atoms with Gasteiger partial charge in [-0.25, -0.2) is 4.39 Å². The quantitative estimate of drug-likeness (QED) is 0.574. The molecular weight excluding hydrogens is 369 g/mol. The summed E-state index contributed by atoms with van der Waals surface area (Å²) in [7, 11) is 0. The van der Waals surface area contributed by atoms with Crippen LogP contribution in [0.1, 0.15) is 30.4 Å². The summed E-state index contributed by atoms with van der Waals surface area (Å²) in [6.45, 7) is 0. The van der Waals surface area contributed by atoms with Gasteiger partial charge in [0.15, 0.2) is 0 Å². The summed E-state index contributed by atoms with van der Waals surface area (Å²) in [6.07, 6.45) is 4.91. The van der Waals surface area contributed by atoms with Gasteiger partial charge in [-0.1, -0.05) is 40.2 Å². The van der Waals surface area contributed by atoms with Gasteiger partial charge in [0.1, 0.15) is 16.9 Å². The molecule has 122 valence electrons. The van der Waals surface area contributed by atoms with Crippen molar-refractivity contribution in [1.82, 2.24) is 15.4 Å². The largest absolute Gasteiger partial charge is 0.207 e. The van der Waals surface area contributed by atoms with Crippen LogP contribution in [0.15, 0.2) is 46.9 Å². The molecule has 0 fully saturated rings. The van der Waals surface area contributed by atoms with Crippen molar-refractivity contribution in [2.45, 2.75) is 25.7 Å². The van der Waals surface area contributed by atoms with Gasteiger partial charge in [-0.15, -0.1) is 0 Å². The fourth-order valence-corrected chi connectivity index (χ4v) is 4.48. The van der Waals surface area contributed by atoms with E-state index < -0.39 is 0 Å². The summed E-state index contributed by atoms with van der Waals surface area (Å²) in [4.78, 5) is 0. The van der Waals surface area contributed by atoms with Crippen LogP contribution in [0.3, 0.4) is 0 Å². The van der Waals surface area contributed by atoms with Crippen molar-refractivity contribution in [2.24, 2.45) is 5.92 Å². The van der Waals surface area contributed by atoms with E-state index >= 15 is 0 Å². The second-order valence-corrected chi connectivity index (χ2v) is 7.15. The Labute approximate surface area is 148 Å². The van der Waals surface area contributed by atoms with Crippen LogP contribution < -0.4 is 0 Å². The van der Waals surface area contributed by atoms with Crippen LogP contribution in [-0.2, 0) is 6.42 Å². The second-order valence-electron chi connectivity index (χ2n) is 6.19. The SMILES string of the molecule is BrC1=C2c3ccc4n[nH]nc4c3CC2CCC1.Fc1ccccc1. The molecule has 2 aromatic carbocycles. The van der Waals surface area contributed by atoms with Crippen molar-refractivity contribution < 1.29 is 4.39 Å². The number of halogens is 2. The number of hydrogen-bond donors (Lipinski definition) is 1. The van der Waals surface area contributed by atoms with Crippen molar-refractivity contribution >= 4 is 32.5 Å². The molecule has 3 nitrogen and oxygen atoms in total. The molecule has 1 aromatic heterocycles. The molecule has 2 aliphatic carbocycles. The number of nitrogens with one attached hydrogen (secondary N) is 1. The number of hydrogen-bond acceptors (Lipinski definition) is 2. The van der Waals surface area contributed by atoms with Crippen LogP contribution in [0, 0.1) is 11.7 Å². The van der Waals surface area contributed by atoms with E-state index in [0.717, 1.165) is 17.5 Å². The molecule has 1 atom stereocenters. The zero-order valence-electron chi connectivity index (χ0n) is 13.1. The van der Waals surface area contributed by atoms with Gasteiger partial charge in [0, 0.05) is 0 Å². The molecule has 1 N–H and O–H groups in total. The first kappa shape index (κ1) is 15.5. The molecule has 5 rings (SSSR count). The summed E-state index contributed by atoms with van der Waals surface area (Å²) in [6, 6.07) is 12.2. The number of rotatable bonds is 0. The third-order valence-electron chi connectivity index (χ3n) is 4.72. The van der Waals surface area contributed by atoms with E-state index in [4.69, 9.17) is 0 Å². The molecule has 0 bridgehead atoms. The maximum atomic E-state index is 11.9. The number of allylic oxidation sites excluding steroid dienone is 2. The van der Waals surface area contributed by atoms with Crippen LogP contribution in [0.5, 0.6) is 0 Å². The van der Waals surface area contributed by atoms with E-state index in [1.54, 1.807) is 18.2 Å². The molecule has 0 saturated heterocycles. The molecule has 1 heterocycles. The zero-order valence-corrected chi connectivity index (χ0v) is 14.7. The summed E-state index contributed by atoms with van der Waals surface area (Å²) < 4.78 is 13.3. The molecule has 0 spiro atoms. The highest BCUT2D eigenvalue weighted by molar-refractivity contribution is 9.11. The molecule has 0 amide bonds. The minimum atomic E-state index is -0.178. The first-order valence-corrected chi connectivity index (χ1v) is 8.95. The molecule has 2 aliphatic rings. The van der Waals surface area contributed by atoms with Crippen molar-refractivity contribution in [1.29, 1.82) is 0 Å². The second kappa shape index (κ2) is 6.48. The minimum absolute atomic E-state index is 0.178. The van der Waals surface area contributed by atoms with Crippen LogP contribution in [-0.4, -0.2) is 15.4 Å². The Kier molecular flexibility index (Phi) is 4.19. The molecule has 0 aliphatic heterocycles. The van der Waals surface area contributed by atoms with Crippen molar-refractivity contribution in [3.05, 3.63) is 63.9 Å². The lowest BCUT2D eigenvalue weighted by Gasteiger charge is -2.20. The summed E-state index contributed by atoms with van der Waals surface area (Å²) in [5.74, 6) is 0.512. The van der Waals surface area contributed by atoms with E-state index in [2.05, 4.69) is 43.5 Å². The molecule has 24 heavy (non-hydrogen) atoms. The Hall–Kier alpha value is -2.01. The first-order chi connectivity index (χ1) is 11.7. The molecule has 0 saturated carbocycles. The zero-order chi connectivity index (χ0) is 16.5. The maximum absolute atomic E-state index is 11.9. The van der Waals surface area contributed by atoms with Gasteiger partial charge in [-0.3, -0.25) is 0 Å². The Balaban J connectivity index is 0.000000177. The Morgan fingerprint density at radius 3 is 2.67 bits per heavy atom. The van der Waals surface area contributed by atoms with Gasteiger partial charge in [-0.05, 0) is 71.0 Å². The van der Waals surface area contributed by atoms with E-state index in [-0.39, 0.29) is 5.82 Å². The Bertz CT molecular complexity index is 901. The molecule has 3 aromatic rings. The molecular formula is C19H17BrFN3. The van der Waals surface area contributed by atoms with E-state index in [9.17, 15) is 4.39 Å². The van der Waals surface area contributed by atoms with Crippen LogP contribution in [0.4, 0.5) is 4.39 Å². The molecule has 1 unspecified atom stereocenters. The highest BCUT2D eigenvalue weighted by Gasteiger charge is 2.32. The number of benzene rings is 2. The standard InChI is InChI=1S/C13H12BrN3.C6H5F/c14-10-3-1-2-7-6-9-8(12(7)10)4-5-11-13(9)16-17-15-11;7-6-4-2-1-3-5-6/h4-5,7H,1-3,6H2,(H,15,16,17);1-5H. The lowest BCUT2D eigenvalue weighted by atomic mass is 9.88. The van der Waals surface area contributed by atoms with Gasteiger partial charge >= 0.3 is 0 Å². The number of fused-ring (bicyclic) bond motifs is 5. The Morgan fingerprint density at radius 1 is 1.08 bits per heavy atom. The predicted molar refractivity (Wildman–Crippen MR) is 97.2 cm³/mol. The van der Waals surface area contributed by atoms with E-state index in [1.165, 1.54) is 52.6 Å². The van der Waals surface area contributed by atoms with E-state index in [0.29, 0.717) is 5.92 Å². The highest BCUT2D eigenvalue weighted by atomic mass is 79.9. The summed E-state index contributed by atoms with van der Waals surface area (Å²) in [5.41, 5.74) is 6.35. The van der Waals surface area contributed by atoms with Crippen molar-refractivity contribution in [2.75, 3.05) is 0 Å². The normalized spacial score (nSPS) is 18.8. The van der Waals surface area contributed by atoms with Gasteiger partial charge < -0.3 is 0 Å². The highest BCUT2D eigenvalue weighted by Crippen LogP contribution is 2.48. The van der Waals surface area contributed by atoms with Gasteiger partial charge in [-0.2, -0.15) is 15.4 Å². The van der Waals surface area contributed by atoms with Crippen molar-refractivity contribution in [3.8, 4) is 0 Å². The van der Waals surface area contributed by atoms with Crippen LogP contribution >= 0.6 is 15.9 Å². The van der Waals surface area contributed by atoms with E-state index in [1.807, 2.05) is 0 Å². The van der Waals surface area contributed by atoms with Gasteiger partial charge in [0.25, 0.3) is 0 Å². The summed E-state index contributed by atoms with van der Waals surface area (Å²) >= 11 is 3.76. The van der Waals surface area contributed by atoms with Crippen molar-refractivity contribution in [3.63, 3.8) is 0 Å². The summed E-state index contributed by atoms with van der Waals surface area (Å²) in [5, 5.41) is 11.2. The fraction of sp³-hybridized carbons (Fsp3) is 0.263. The fourth-order valence-electron chi connectivity index (χ4n) is 3.66. The molecule has 0 radical (unpaired) electrons. The Morgan fingerprint density at radius 2 is 1.92 bits per heavy atom. The number of H-pyrrole nitrogens is 1. The minimum Gasteiger partial charge on any atom is -0.207 e. The third kappa shape index (κ3) is 2.77. The first-order valence-electron chi connectivity index (χ1n) is 8.16. The maximum Gasteiger partial charge on any atom is 0.123 e. The monoisotopic (exact) mass is 385 g/mol. The number of aromatic amines is 1. The third-order valence-corrected chi connectivity index (χ3v) is 5.54. The number of nitrogens with zero attached hydrogens (tertiary/aromatic N) is 2. The lowest BCUT2D eigenvalue weighted by Crippen LogP contribution is -2.05. The smallest absolute Gasteiger partial charge is 0.123 e. The molecule has 5 heteroatoms. The van der Waals surface area contributed by atoms with Gasteiger partial charge in [0.05, 0.1) is 0 Å². The average molecular weight is 386 g/mol. The van der Waals surface area contributed by atoms with Crippen LogP contribution in [0.25, 0.3) is 16.6 Å². The number of aromatic nitrogens is 3. The predicted octanol–water partition coefficient (Wildman–Crippen LogP) is 5.25.